The van der Waals surface area contributed by atoms with E-state index in [9.17, 15) is 0 Å². The van der Waals surface area contributed by atoms with Crippen LogP contribution >= 0.6 is 0 Å². The molecule has 0 amide bonds. The van der Waals surface area contributed by atoms with Crippen molar-refractivity contribution in [1.29, 1.82) is 0 Å². The van der Waals surface area contributed by atoms with E-state index >= 15 is 0 Å². The van der Waals surface area contributed by atoms with Crippen LogP contribution < -0.4 is 0 Å². The fourth-order valence-electron chi connectivity index (χ4n) is 0.867. The Balaban J connectivity index is 2.40. The highest BCUT2D eigenvalue weighted by Gasteiger charge is 2.22. The molecule has 0 saturated carbocycles. The standard InChI is InChI=1S/C6H6N3/c1-2-6-3-5-8-9(6)7-4-1/h1-6H/q+1. The number of nitrogens with zero attached hydrogens (tertiary/aromatic N) is 3. The second-order valence-corrected chi connectivity index (χ2v) is 1.92. The van der Waals surface area contributed by atoms with Crippen molar-refractivity contribution in [1.82, 2.24) is 0 Å². The van der Waals surface area contributed by atoms with Gasteiger partial charge in [0.2, 0.25) is 0 Å². The molecule has 0 fully saturated rings. The van der Waals surface area contributed by atoms with Gasteiger partial charge in [0, 0.05) is 21.1 Å². The number of allylic oxidation sites excluding steroid dienone is 1. The van der Waals surface area contributed by atoms with Crippen molar-refractivity contribution in [2.75, 3.05) is 0 Å². The van der Waals surface area contributed by atoms with Gasteiger partial charge in [-0.2, -0.15) is 0 Å². The second kappa shape index (κ2) is 1.62. The Morgan fingerprint density at radius 2 is 2.33 bits per heavy atom. The minimum atomic E-state index is 0.273. The normalized spacial score (nSPS) is 28.4. The summed E-state index contributed by atoms with van der Waals surface area (Å²) in [4.78, 5) is 1.67. The number of hydrogen-bond donors (Lipinski definition) is 0. The fraction of sp³-hybridized carbons (Fsp3) is 0.167. The van der Waals surface area contributed by atoms with Crippen LogP contribution in [0.25, 0.3) is 0 Å². The largest absolute Gasteiger partial charge is 0.251 e. The maximum absolute atomic E-state index is 3.98. The predicted molar refractivity (Wildman–Crippen MR) is 33.2 cm³/mol. The summed E-state index contributed by atoms with van der Waals surface area (Å²) in [7, 11) is 0. The van der Waals surface area contributed by atoms with Crippen molar-refractivity contribution in [2.24, 2.45) is 10.2 Å². The van der Waals surface area contributed by atoms with E-state index in [2.05, 4.69) is 10.2 Å². The molecule has 2 aliphatic rings. The van der Waals surface area contributed by atoms with Crippen LogP contribution in [0, 0.1) is 0 Å². The molecule has 0 N–H and O–H groups in total. The molecular weight excluding hydrogens is 114 g/mol. The minimum Gasteiger partial charge on any atom is -0.0346 e. The van der Waals surface area contributed by atoms with Gasteiger partial charge in [-0.3, -0.25) is 0 Å². The van der Waals surface area contributed by atoms with E-state index in [1.165, 1.54) is 0 Å². The van der Waals surface area contributed by atoms with Crippen molar-refractivity contribution in [2.45, 2.75) is 6.04 Å². The first-order valence-corrected chi connectivity index (χ1v) is 2.84. The molecule has 3 heteroatoms. The lowest BCUT2D eigenvalue weighted by atomic mass is 10.3. The summed E-state index contributed by atoms with van der Waals surface area (Å²) in [5.41, 5.74) is 0. The monoisotopic (exact) mass is 120 g/mol. The third-order valence-electron chi connectivity index (χ3n) is 1.31. The molecule has 9 heavy (non-hydrogen) atoms. The van der Waals surface area contributed by atoms with E-state index in [4.69, 9.17) is 0 Å². The van der Waals surface area contributed by atoms with Crippen molar-refractivity contribution in [3.05, 3.63) is 24.4 Å². The highest BCUT2D eigenvalue weighted by Crippen LogP contribution is 2.08. The molecule has 2 aliphatic heterocycles. The van der Waals surface area contributed by atoms with E-state index in [1.807, 2.05) is 18.2 Å². The molecule has 44 valence electrons. The van der Waals surface area contributed by atoms with Crippen LogP contribution in [-0.4, -0.2) is 17.1 Å². The van der Waals surface area contributed by atoms with Gasteiger partial charge in [0.25, 0.3) is 6.04 Å². The van der Waals surface area contributed by atoms with Gasteiger partial charge in [0.1, 0.15) is 6.20 Å². The quantitative estimate of drug-likeness (QED) is 0.425. The Morgan fingerprint density at radius 3 is 3.22 bits per heavy atom. The molecule has 0 aliphatic carbocycles. The molecule has 2 heterocycles. The molecule has 0 aromatic carbocycles. The summed E-state index contributed by atoms with van der Waals surface area (Å²) in [6.45, 7) is 0. The van der Waals surface area contributed by atoms with Crippen LogP contribution in [0.3, 0.4) is 0 Å². The summed E-state index contributed by atoms with van der Waals surface area (Å²) in [5, 5.41) is 7.95. The molecule has 1 unspecified atom stereocenters. The van der Waals surface area contributed by atoms with Gasteiger partial charge in [0.05, 0.1) is 6.21 Å². The first kappa shape index (κ1) is 4.61. The highest BCUT2D eigenvalue weighted by molar-refractivity contribution is 5.71. The second-order valence-electron chi connectivity index (χ2n) is 1.92. The maximum atomic E-state index is 3.98. The molecule has 0 radical (unpaired) electrons. The average Bonchev–Trinajstić information content (AvgIpc) is 2.33. The van der Waals surface area contributed by atoms with Crippen LogP contribution in [0.2, 0.25) is 0 Å². The van der Waals surface area contributed by atoms with E-state index < -0.39 is 0 Å². The average molecular weight is 120 g/mol. The number of hydrazone groups is 1. The minimum absolute atomic E-state index is 0.273. The van der Waals surface area contributed by atoms with E-state index in [0.717, 1.165) is 0 Å². The first-order valence-electron chi connectivity index (χ1n) is 2.84. The maximum Gasteiger partial charge on any atom is 0.251 e. The van der Waals surface area contributed by atoms with Gasteiger partial charge >= 0.3 is 0 Å². The van der Waals surface area contributed by atoms with Crippen LogP contribution in [0.15, 0.2) is 34.6 Å². The number of fused-ring (bicyclic) bond motifs is 1. The third-order valence-corrected chi connectivity index (χ3v) is 1.31. The van der Waals surface area contributed by atoms with Crippen LogP contribution in [0.1, 0.15) is 0 Å². The predicted octanol–water partition coefficient (Wildman–Crippen LogP) is 0.903. The summed E-state index contributed by atoms with van der Waals surface area (Å²) in [6.07, 6.45) is 9.45. The van der Waals surface area contributed by atoms with Crippen molar-refractivity contribution in [3.63, 3.8) is 0 Å². The van der Waals surface area contributed by atoms with Crippen molar-refractivity contribution < 1.29 is 4.81 Å². The summed E-state index contributed by atoms with van der Waals surface area (Å²) < 4.78 is 0. The van der Waals surface area contributed by atoms with Gasteiger partial charge in [-0.05, 0) is 12.2 Å². The third kappa shape index (κ3) is 0.614. The Hall–Kier alpha value is -1.25. The molecule has 0 bridgehead atoms. The molecule has 3 nitrogen and oxygen atoms in total. The van der Waals surface area contributed by atoms with Gasteiger partial charge in [-0.1, -0.05) is 0 Å². The number of azo groups is 1. The Bertz CT molecular complexity index is 235. The zero-order chi connectivity index (χ0) is 6.10. The Morgan fingerprint density at radius 1 is 1.33 bits per heavy atom. The molecule has 0 aromatic rings. The van der Waals surface area contributed by atoms with Crippen LogP contribution in [0.5, 0.6) is 0 Å². The van der Waals surface area contributed by atoms with Gasteiger partial charge < -0.3 is 0 Å². The molecule has 0 spiro atoms. The SMILES string of the molecule is C1=CC2C=CN=[N+]2N=C1. The van der Waals surface area contributed by atoms with Crippen molar-refractivity contribution in [3.8, 4) is 0 Å². The van der Waals surface area contributed by atoms with E-state index in [0.29, 0.717) is 0 Å². The highest BCUT2D eigenvalue weighted by atomic mass is 15.5. The summed E-state index contributed by atoms with van der Waals surface area (Å²) >= 11 is 0. The Kier molecular flexibility index (Phi) is 0.828. The topological polar surface area (TPSA) is 27.7 Å². The molecule has 0 saturated heterocycles. The van der Waals surface area contributed by atoms with Crippen LogP contribution in [-0.2, 0) is 0 Å². The zero-order valence-electron chi connectivity index (χ0n) is 4.81. The van der Waals surface area contributed by atoms with Gasteiger partial charge in [-0.15, -0.1) is 0 Å². The number of hydrogen-bond acceptors (Lipinski definition) is 2. The zero-order valence-corrected chi connectivity index (χ0v) is 4.81. The number of rotatable bonds is 0. The smallest absolute Gasteiger partial charge is 0.0346 e. The lowest BCUT2D eigenvalue weighted by Gasteiger charge is -1.94. The fourth-order valence-corrected chi connectivity index (χ4v) is 0.867. The molecule has 1 atom stereocenters. The molecular formula is C6H6N3+. The summed E-state index contributed by atoms with van der Waals surface area (Å²) in [5.74, 6) is 0. The molecule has 0 aromatic heterocycles. The van der Waals surface area contributed by atoms with Gasteiger partial charge in [-0.25, -0.2) is 0 Å². The first-order chi connectivity index (χ1) is 4.47. The summed E-state index contributed by atoms with van der Waals surface area (Å²) in [6, 6.07) is 0.273. The van der Waals surface area contributed by atoms with Crippen molar-refractivity contribution >= 4 is 6.21 Å². The van der Waals surface area contributed by atoms with Crippen LogP contribution in [0.4, 0.5) is 0 Å². The van der Waals surface area contributed by atoms with E-state index in [-0.39, 0.29) is 6.04 Å². The lowest BCUT2D eigenvalue weighted by Crippen LogP contribution is -2.14. The Labute approximate surface area is 52.7 Å². The molecule has 2 rings (SSSR count). The van der Waals surface area contributed by atoms with Gasteiger partial charge in [0.15, 0.2) is 0 Å². The van der Waals surface area contributed by atoms with E-state index in [1.54, 1.807) is 17.2 Å². The lowest BCUT2D eigenvalue weighted by molar-refractivity contribution is -0.605.